The summed E-state index contributed by atoms with van der Waals surface area (Å²) in [5.74, 6) is 2.12. The molecule has 2 rings (SSSR count). The van der Waals surface area contributed by atoms with Gasteiger partial charge in [0.1, 0.15) is 11.5 Å². The van der Waals surface area contributed by atoms with Gasteiger partial charge in [-0.2, -0.15) is 0 Å². The maximum atomic E-state index is 12.0. The molecule has 5 nitrogen and oxygen atoms in total. The number of benzene rings is 1. The number of amides is 1. The molecule has 0 radical (unpaired) electrons. The number of ether oxygens (including phenoxy) is 1. The molecule has 112 valence electrons. The highest BCUT2D eigenvalue weighted by Gasteiger charge is 2.15. The number of carbonyl (C=O) groups excluding carboxylic acids is 1. The number of carbonyl (C=O) groups is 1. The Morgan fingerprint density at radius 2 is 2.19 bits per heavy atom. The van der Waals surface area contributed by atoms with Gasteiger partial charge in [0.05, 0.1) is 19.9 Å². The van der Waals surface area contributed by atoms with Gasteiger partial charge in [-0.1, -0.05) is 25.1 Å². The average Bonchev–Trinajstić information content (AvgIpc) is 2.90. The minimum absolute atomic E-state index is 0.0255. The molecule has 0 fully saturated rings. The van der Waals surface area contributed by atoms with Gasteiger partial charge in [-0.05, 0) is 17.5 Å². The van der Waals surface area contributed by atoms with E-state index in [0.29, 0.717) is 24.6 Å². The lowest BCUT2D eigenvalue weighted by Gasteiger charge is -2.15. The van der Waals surface area contributed by atoms with Crippen LogP contribution in [0.5, 0.6) is 5.75 Å². The first kappa shape index (κ1) is 15.1. The SMILES string of the molecule is COc1ccccc1C(C)CC(=O)NCc1cnc(C)o1. The Hall–Kier alpha value is -2.30. The van der Waals surface area contributed by atoms with Crippen LogP contribution in [0.4, 0.5) is 0 Å². The Labute approximate surface area is 124 Å². The van der Waals surface area contributed by atoms with E-state index in [0.717, 1.165) is 11.3 Å². The van der Waals surface area contributed by atoms with E-state index in [1.165, 1.54) is 0 Å². The third-order valence-electron chi connectivity index (χ3n) is 3.29. The highest BCUT2D eigenvalue weighted by molar-refractivity contribution is 5.76. The number of nitrogens with one attached hydrogen (secondary N) is 1. The predicted molar refractivity (Wildman–Crippen MR) is 79.1 cm³/mol. The van der Waals surface area contributed by atoms with E-state index in [-0.39, 0.29) is 11.8 Å². The molecule has 21 heavy (non-hydrogen) atoms. The van der Waals surface area contributed by atoms with Crippen molar-refractivity contribution in [3.8, 4) is 5.75 Å². The minimum atomic E-state index is -0.0255. The number of hydrogen-bond acceptors (Lipinski definition) is 4. The molecule has 5 heteroatoms. The maximum Gasteiger partial charge on any atom is 0.220 e. The molecule has 1 aromatic heterocycles. The lowest BCUT2D eigenvalue weighted by atomic mass is 9.96. The van der Waals surface area contributed by atoms with Gasteiger partial charge in [-0.25, -0.2) is 4.98 Å². The summed E-state index contributed by atoms with van der Waals surface area (Å²) in [5, 5.41) is 2.84. The van der Waals surface area contributed by atoms with E-state index in [4.69, 9.17) is 9.15 Å². The molecule has 1 heterocycles. The van der Waals surface area contributed by atoms with Crippen molar-refractivity contribution in [2.24, 2.45) is 0 Å². The summed E-state index contributed by atoms with van der Waals surface area (Å²) in [4.78, 5) is 16.0. The Balaban J connectivity index is 1.89. The van der Waals surface area contributed by atoms with Crippen molar-refractivity contribution in [2.45, 2.75) is 32.7 Å². The van der Waals surface area contributed by atoms with E-state index in [1.807, 2.05) is 31.2 Å². The van der Waals surface area contributed by atoms with Gasteiger partial charge in [-0.15, -0.1) is 0 Å². The number of aromatic nitrogens is 1. The summed E-state index contributed by atoms with van der Waals surface area (Å²) in [6, 6.07) is 7.75. The van der Waals surface area contributed by atoms with Crippen molar-refractivity contribution in [3.63, 3.8) is 0 Å². The highest BCUT2D eigenvalue weighted by atomic mass is 16.5. The largest absolute Gasteiger partial charge is 0.496 e. The molecule has 0 aliphatic heterocycles. The zero-order valence-electron chi connectivity index (χ0n) is 12.6. The zero-order chi connectivity index (χ0) is 15.2. The number of oxazole rings is 1. The van der Waals surface area contributed by atoms with E-state index in [1.54, 1.807) is 20.2 Å². The van der Waals surface area contributed by atoms with E-state index >= 15 is 0 Å². The topological polar surface area (TPSA) is 64.4 Å². The lowest BCUT2D eigenvalue weighted by molar-refractivity contribution is -0.121. The van der Waals surface area contributed by atoms with Crippen molar-refractivity contribution in [1.82, 2.24) is 10.3 Å². The highest BCUT2D eigenvalue weighted by Crippen LogP contribution is 2.28. The van der Waals surface area contributed by atoms with E-state index in [2.05, 4.69) is 10.3 Å². The second-order valence-corrected chi connectivity index (χ2v) is 4.97. The molecule has 1 unspecified atom stereocenters. The van der Waals surface area contributed by atoms with Crippen LogP contribution in [0.2, 0.25) is 0 Å². The standard InChI is InChI=1S/C16H20N2O3/c1-11(14-6-4-5-7-15(14)20-3)8-16(19)18-10-13-9-17-12(2)21-13/h4-7,9,11H,8,10H2,1-3H3,(H,18,19). The van der Waals surface area contributed by atoms with Crippen molar-refractivity contribution in [1.29, 1.82) is 0 Å². The monoisotopic (exact) mass is 288 g/mol. The van der Waals surface area contributed by atoms with Crippen LogP contribution in [0.15, 0.2) is 34.9 Å². The molecular weight excluding hydrogens is 268 g/mol. The average molecular weight is 288 g/mol. The molecule has 0 spiro atoms. The van der Waals surface area contributed by atoms with Crippen molar-refractivity contribution < 1.29 is 13.9 Å². The third kappa shape index (κ3) is 4.08. The molecule has 0 bridgehead atoms. The van der Waals surface area contributed by atoms with Crippen LogP contribution in [0.25, 0.3) is 0 Å². The van der Waals surface area contributed by atoms with Crippen LogP contribution < -0.4 is 10.1 Å². The summed E-state index contributed by atoms with van der Waals surface area (Å²) in [7, 11) is 1.64. The Morgan fingerprint density at radius 1 is 1.43 bits per heavy atom. The number of para-hydroxylation sites is 1. The molecule has 0 saturated heterocycles. The minimum Gasteiger partial charge on any atom is -0.496 e. The number of rotatable bonds is 6. The summed E-state index contributed by atoms with van der Waals surface area (Å²) in [5.41, 5.74) is 1.03. The van der Waals surface area contributed by atoms with Crippen molar-refractivity contribution >= 4 is 5.91 Å². The van der Waals surface area contributed by atoms with Crippen molar-refractivity contribution in [3.05, 3.63) is 47.7 Å². The van der Waals surface area contributed by atoms with Crippen molar-refractivity contribution in [2.75, 3.05) is 7.11 Å². The van der Waals surface area contributed by atoms with Gasteiger partial charge in [0.25, 0.3) is 0 Å². The number of nitrogens with zero attached hydrogens (tertiary/aromatic N) is 1. The van der Waals surface area contributed by atoms with E-state index < -0.39 is 0 Å². The maximum absolute atomic E-state index is 12.0. The Morgan fingerprint density at radius 3 is 2.86 bits per heavy atom. The van der Waals surface area contributed by atoms with Crippen LogP contribution in [0.1, 0.15) is 36.5 Å². The summed E-state index contributed by atoms with van der Waals surface area (Å²) in [6.07, 6.45) is 2.02. The van der Waals surface area contributed by atoms with E-state index in [9.17, 15) is 4.79 Å². The molecule has 1 atom stereocenters. The summed E-state index contributed by atoms with van der Waals surface area (Å²) in [6.45, 7) is 4.14. The number of aryl methyl sites for hydroxylation is 1. The van der Waals surface area contributed by atoms with Gasteiger partial charge >= 0.3 is 0 Å². The molecule has 1 aromatic carbocycles. The first-order chi connectivity index (χ1) is 10.1. The van der Waals surface area contributed by atoms with Gasteiger partial charge in [0.2, 0.25) is 5.91 Å². The quantitative estimate of drug-likeness (QED) is 0.887. The van der Waals surface area contributed by atoms with Gasteiger partial charge in [0.15, 0.2) is 5.89 Å². The second-order valence-electron chi connectivity index (χ2n) is 4.97. The zero-order valence-corrected chi connectivity index (χ0v) is 12.6. The van der Waals surface area contributed by atoms with Crippen LogP contribution in [0, 0.1) is 6.92 Å². The van der Waals surface area contributed by atoms with Gasteiger partial charge in [0, 0.05) is 13.3 Å². The normalized spacial score (nSPS) is 12.0. The van der Waals surface area contributed by atoms with Gasteiger partial charge in [-0.3, -0.25) is 4.79 Å². The second kappa shape index (κ2) is 6.92. The van der Waals surface area contributed by atoms with Crippen LogP contribution in [0.3, 0.4) is 0 Å². The molecular formula is C16H20N2O3. The fraction of sp³-hybridized carbons (Fsp3) is 0.375. The van der Waals surface area contributed by atoms with Crippen LogP contribution >= 0.6 is 0 Å². The summed E-state index contributed by atoms with van der Waals surface area (Å²) >= 11 is 0. The first-order valence-corrected chi connectivity index (χ1v) is 6.91. The van der Waals surface area contributed by atoms with Crippen LogP contribution in [-0.4, -0.2) is 18.0 Å². The Kier molecular flexibility index (Phi) is 4.98. The van der Waals surface area contributed by atoms with Crippen LogP contribution in [-0.2, 0) is 11.3 Å². The molecule has 0 saturated carbocycles. The molecule has 0 aliphatic carbocycles. The molecule has 0 aliphatic rings. The fourth-order valence-electron chi connectivity index (χ4n) is 2.21. The molecule has 1 N–H and O–H groups in total. The van der Waals surface area contributed by atoms with Gasteiger partial charge < -0.3 is 14.5 Å². The molecule has 1 amide bonds. The Bertz CT molecular complexity index is 607. The first-order valence-electron chi connectivity index (χ1n) is 6.91. The third-order valence-corrected chi connectivity index (χ3v) is 3.29. The number of methoxy groups -OCH3 is 1. The molecule has 2 aromatic rings. The predicted octanol–water partition coefficient (Wildman–Crippen LogP) is 2.80. The number of hydrogen-bond donors (Lipinski definition) is 1. The lowest BCUT2D eigenvalue weighted by Crippen LogP contribution is -2.23. The fourth-order valence-corrected chi connectivity index (χ4v) is 2.21. The summed E-state index contributed by atoms with van der Waals surface area (Å²) < 4.78 is 10.6. The smallest absolute Gasteiger partial charge is 0.220 e.